The summed E-state index contributed by atoms with van der Waals surface area (Å²) in [6.45, 7) is 0. The summed E-state index contributed by atoms with van der Waals surface area (Å²) >= 11 is 0. The third-order valence-electron chi connectivity index (χ3n) is 3.78. The largest absolute Gasteiger partial charge is 0.326 e. The van der Waals surface area contributed by atoms with E-state index in [9.17, 15) is 9.46 Å². The second-order valence-corrected chi connectivity index (χ2v) is 5.88. The SMILES string of the molecule is O=[PH](O)OC(c1ccccc1)(c1ccccc1)c1ccccc1. The van der Waals surface area contributed by atoms with Gasteiger partial charge >= 0.3 is 8.25 Å². The molecule has 116 valence electrons. The van der Waals surface area contributed by atoms with Crippen LogP contribution in [0.3, 0.4) is 0 Å². The Labute approximate surface area is 136 Å². The fourth-order valence-corrected chi connectivity index (χ4v) is 3.44. The van der Waals surface area contributed by atoms with Gasteiger partial charge in [-0.05, 0) is 16.7 Å². The van der Waals surface area contributed by atoms with Crippen molar-refractivity contribution in [1.29, 1.82) is 0 Å². The summed E-state index contributed by atoms with van der Waals surface area (Å²) in [7, 11) is -3.18. The molecule has 4 heteroatoms. The minimum absolute atomic E-state index is 0.810. The van der Waals surface area contributed by atoms with E-state index < -0.39 is 13.9 Å². The molecular weight excluding hydrogens is 307 g/mol. The second-order valence-electron chi connectivity index (χ2n) is 5.15. The number of hydrogen-bond donors (Lipinski definition) is 1. The van der Waals surface area contributed by atoms with Gasteiger partial charge in [-0.15, -0.1) is 0 Å². The van der Waals surface area contributed by atoms with E-state index >= 15 is 0 Å². The molecule has 3 nitrogen and oxygen atoms in total. The molecule has 1 N–H and O–H groups in total. The van der Waals surface area contributed by atoms with Gasteiger partial charge in [0.2, 0.25) is 0 Å². The third kappa shape index (κ3) is 3.13. The van der Waals surface area contributed by atoms with Crippen LogP contribution in [0, 0.1) is 0 Å². The maximum absolute atomic E-state index is 11.7. The van der Waals surface area contributed by atoms with E-state index in [1.54, 1.807) is 0 Å². The van der Waals surface area contributed by atoms with Crippen LogP contribution in [-0.2, 0) is 14.7 Å². The van der Waals surface area contributed by atoms with Gasteiger partial charge in [0.15, 0.2) is 5.60 Å². The maximum Gasteiger partial charge on any atom is 0.318 e. The van der Waals surface area contributed by atoms with E-state index in [-0.39, 0.29) is 0 Å². The Kier molecular flexibility index (Phi) is 4.73. The highest BCUT2D eigenvalue weighted by molar-refractivity contribution is 7.32. The fourth-order valence-electron chi connectivity index (χ4n) is 2.83. The lowest BCUT2D eigenvalue weighted by Crippen LogP contribution is -2.30. The average Bonchev–Trinajstić information content (AvgIpc) is 2.62. The average molecular weight is 324 g/mol. The standard InChI is InChI=1S/C19H17O3P/c20-23(21)22-19(16-10-4-1-5-11-16,17-12-6-2-7-13-17)18-14-8-3-9-15-18/h1-15,23H,(H,20,21). The van der Waals surface area contributed by atoms with E-state index in [0.29, 0.717) is 0 Å². The summed E-state index contributed by atoms with van der Waals surface area (Å²) in [6.07, 6.45) is 0. The predicted octanol–water partition coefficient (Wildman–Crippen LogP) is 4.38. The molecule has 1 atom stereocenters. The van der Waals surface area contributed by atoms with Gasteiger partial charge in [0.1, 0.15) is 0 Å². The molecule has 3 rings (SSSR count). The third-order valence-corrected chi connectivity index (χ3v) is 4.26. The number of benzene rings is 3. The van der Waals surface area contributed by atoms with Crippen molar-refractivity contribution < 1.29 is 14.0 Å². The summed E-state index contributed by atoms with van der Waals surface area (Å²) in [6, 6.07) is 28.6. The quantitative estimate of drug-likeness (QED) is 0.560. The molecular formula is C19H17O3P. The summed E-state index contributed by atoms with van der Waals surface area (Å²) in [5, 5.41) is 0. The van der Waals surface area contributed by atoms with Crippen LogP contribution in [0.4, 0.5) is 0 Å². The fraction of sp³-hybridized carbons (Fsp3) is 0.0526. The van der Waals surface area contributed by atoms with Gasteiger partial charge in [0.05, 0.1) is 0 Å². The molecule has 0 aliphatic heterocycles. The molecule has 0 aliphatic carbocycles. The zero-order valence-corrected chi connectivity index (χ0v) is 13.4. The van der Waals surface area contributed by atoms with Gasteiger partial charge in [-0.1, -0.05) is 91.0 Å². The topological polar surface area (TPSA) is 46.5 Å². The van der Waals surface area contributed by atoms with Crippen LogP contribution >= 0.6 is 8.25 Å². The van der Waals surface area contributed by atoms with Crippen LogP contribution in [0.15, 0.2) is 91.0 Å². The first-order chi connectivity index (χ1) is 11.2. The first-order valence-corrected chi connectivity index (χ1v) is 8.58. The summed E-state index contributed by atoms with van der Waals surface area (Å²) in [5.41, 5.74) is 1.31. The monoisotopic (exact) mass is 324 g/mol. The molecule has 0 amide bonds. The van der Waals surface area contributed by atoms with Gasteiger partial charge in [-0.3, -0.25) is 9.09 Å². The lowest BCUT2D eigenvalue weighted by molar-refractivity contribution is 0.145. The molecule has 3 aromatic rings. The maximum atomic E-state index is 11.7. The van der Waals surface area contributed by atoms with Crippen molar-refractivity contribution >= 4 is 8.25 Å². The Bertz CT molecular complexity index is 677. The Hall–Kier alpha value is -2.19. The van der Waals surface area contributed by atoms with Crippen molar-refractivity contribution in [2.24, 2.45) is 0 Å². The Balaban J connectivity index is 2.32. The molecule has 0 radical (unpaired) electrons. The van der Waals surface area contributed by atoms with Crippen molar-refractivity contribution in [3.63, 3.8) is 0 Å². The van der Waals surface area contributed by atoms with Crippen molar-refractivity contribution in [3.8, 4) is 0 Å². The van der Waals surface area contributed by atoms with Crippen LogP contribution < -0.4 is 0 Å². The zero-order valence-electron chi connectivity index (χ0n) is 12.4. The molecule has 0 heterocycles. The van der Waals surface area contributed by atoms with E-state index in [0.717, 1.165) is 16.7 Å². The predicted molar refractivity (Wildman–Crippen MR) is 91.5 cm³/mol. The van der Waals surface area contributed by atoms with Gasteiger partial charge in [-0.25, -0.2) is 0 Å². The molecule has 23 heavy (non-hydrogen) atoms. The van der Waals surface area contributed by atoms with Crippen LogP contribution in [-0.4, -0.2) is 4.89 Å². The van der Waals surface area contributed by atoms with Crippen LogP contribution in [0.1, 0.15) is 16.7 Å². The number of hydrogen-bond acceptors (Lipinski definition) is 2. The normalized spacial score (nSPS) is 12.7. The van der Waals surface area contributed by atoms with Gasteiger partial charge in [0, 0.05) is 0 Å². The molecule has 0 aromatic heterocycles. The van der Waals surface area contributed by atoms with E-state index in [1.165, 1.54) is 0 Å². The molecule has 0 fully saturated rings. The summed E-state index contributed by atoms with van der Waals surface area (Å²) in [5.74, 6) is 0. The van der Waals surface area contributed by atoms with E-state index in [4.69, 9.17) is 4.52 Å². The zero-order chi connectivity index (χ0) is 16.1. The van der Waals surface area contributed by atoms with Crippen LogP contribution in [0.2, 0.25) is 0 Å². The van der Waals surface area contributed by atoms with Crippen molar-refractivity contribution in [3.05, 3.63) is 108 Å². The van der Waals surface area contributed by atoms with Crippen molar-refractivity contribution in [2.45, 2.75) is 5.60 Å². The second kappa shape index (κ2) is 6.93. The van der Waals surface area contributed by atoms with Crippen LogP contribution in [0.25, 0.3) is 0 Å². The first kappa shape index (κ1) is 15.7. The molecule has 0 saturated carbocycles. The minimum Gasteiger partial charge on any atom is -0.326 e. The summed E-state index contributed by atoms with van der Waals surface area (Å²) in [4.78, 5) is 9.60. The molecule has 0 spiro atoms. The van der Waals surface area contributed by atoms with Crippen molar-refractivity contribution in [2.75, 3.05) is 0 Å². The molecule has 0 saturated heterocycles. The molecule has 3 aromatic carbocycles. The number of rotatable bonds is 5. The molecule has 1 unspecified atom stereocenters. The smallest absolute Gasteiger partial charge is 0.318 e. The van der Waals surface area contributed by atoms with Crippen LogP contribution in [0.5, 0.6) is 0 Å². The Morgan fingerprint density at radius 1 is 0.652 bits per heavy atom. The van der Waals surface area contributed by atoms with Crippen molar-refractivity contribution in [1.82, 2.24) is 0 Å². The highest BCUT2D eigenvalue weighted by Gasteiger charge is 2.39. The molecule has 0 aliphatic rings. The Morgan fingerprint density at radius 3 is 1.22 bits per heavy atom. The lowest BCUT2D eigenvalue weighted by Gasteiger charge is -2.34. The Morgan fingerprint density at radius 2 is 0.957 bits per heavy atom. The van der Waals surface area contributed by atoms with E-state index in [1.807, 2.05) is 91.0 Å². The molecule has 0 bridgehead atoms. The highest BCUT2D eigenvalue weighted by Crippen LogP contribution is 2.45. The highest BCUT2D eigenvalue weighted by atomic mass is 31.1. The first-order valence-electron chi connectivity index (χ1n) is 7.32. The lowest BCUT2D eigenvalue weighted by atomic mass is 9.80. The summed E-state index contributed by atoms with van der Waals surface area (Å²) < 4.78 is 17.4. The minimum atomic E-state index is -3.18. The van der Waals surface area contributed by atoms with E-state index in [2.05, 4.69) is 0 Å². The van der Waals surface area contributed by atoms with Gasteiger partial charge in [0.25, 0.3) is 0 Å². The van der Waals surface area contributed by atoms with Gasteiger partial charge < -0.3 is 4.89 Å². The van der Waals surface area contributed by atoms with Gasteiger partial charge in [-0.2, -0.15) is 0 Å².